The van der Waals surface area contributed by atoms with Gasteiger partial charge in [0.25, 0.3) is 0 Å². The monoisotopic (exact) mass is 298 g/mol. The van der Waals surface area contributed by atoms with Crippen molar-refractivity contribution in [1.82, 2.24) is 9.62 Å². The molecule has 1 N–H and O–H groups in total. The fourth-order valence-corrected chi connectivity index (χ4v) is 3.18. The average molecular weight is 298 g/mol. The number of sulfonamides is 1. The second kappa shape index (κ2) is 6.11. The Balaban J connectivity index is 1.95. The van der Waals surface area contributed by atoms with Gasteiger partial charge in [-0.1, -0.05) is 0 Å². The second-order valence-electron chi connectivity index (χ2n) is 5.27. The van der Waals surface area contributed by atoms with Crippen molar-refractivity contribution in [2.75, 3.05) is 20.7 Å². The maximum absolute atomic E-state index is 12.2. The van der Waals surface area contributed by atoms with Crippen LogP contribution < -0.4 is 9.46 Å². The number of hydrogen-bond acceptors (Lipinski definition) is 4. The number of nitrogens with one attached hydrogen (secondary N) is 1. The van der Waals surface area contributed by atoms with Crippen LogP contribution in [0.4, 0.5) is 0 Å². The Morgan fingerprint density at radius 3 is 2.45 bits per heavy atom. The van der Waals surface area contributed by atoms with Crippen molar-refractivity contribution >= 4 is 10.0 Å². The molecule has 0 amide bonds. The van der Waals surface area contributed by atoms with E-state index < -0.39 is 10.0 Å². The summed E-state index contributed by atoms with van der Waals surface area (Å²) < 4.78 is 32.0. The van der Waals surface area contributed by atoms with Gasteiger partial charge in [-0.3, -0.25) is 4.90 Å². The van der Waals surface area contributed by atoms with Crippen LogP contribution in [0, 0.1) is 0 Å². The van der Waals surface area contributed by atoms with E-state index in [2.05, 4.69) is 9.62 Å². The van der Waals surface area contributed by atoms with Crippen LogP contribution in [0.5, 0.6) is 5.75 Å². The molecule has 1 fully saturated rings. The summed E-state index contributed by atoms with van der Waals surface area (Å²) in [6.45, 7) is 2.45. The summed E-state index contributed by atoms with van der Waals surface area (Å²) in [6.07, 6.45) is 2.43. The average Bonchev–Trinajstić information content (AvgIpc) is 3.28. The first-order valence-electron chi connectivity index (χ1n) is 6.79. The molecule has 0 aromatic heterocycles. The van der Waals surface area contributed by atoms with E-state index in [1.807, 2.05) is 14.0 Å². The van der Waals surface area contributed by atoms with E-state index in [1.165, 1.54) is 12.8 Å². The van der Waals surface area contributed by atoms with Crippen molar-refractivity contribution in [2.45, 2.75) is 36.7 Å². The van der Waals surface area contributed by atoms with Crippen LogP contribution in [0.25, 0.3) is 0 Å². The predicted octanol–water partition coefficient (Wildman–Crippen LogP) is 1.46. The summed E-state index contributed by atoms with van der Waals surface area (Å²) in [5.41, 5.74) is 0. The highest BCUT2D eigenvalue weighted by atomic mass is 32.2. The van der Waals surface area contributed by atoms with Gasteiger partial charge in [-0.25, -0.2) is 13.1 Å². The summed E-state index contributed by atoms with van der Waals surface area (Å²) in [5.74, 6) is 0.644. The van der Waals surface area contributed by atoms with Gasteiger partial charge in [-0.15, -0.1) is 0 Å². The van der Waals surface area contributed by atoms with Crippen molar-refractivity contribution in [3.05, 3.63) is 24.3 Å². The molecule has 1 atom stereocenters. The van der Waals surface area contributed by atoms with E-state index in [9.17, 15) is 8.42 Å². The molecule has 1 aliphatic carbocycles. The summed E-state index contributed by atoms with van der Waals surface area (Å²) in [4.78, 5) is 2.50. The number of hydrogen-bond donors (Lipinski definition) is 1. The van der Waals surface area contributed by atoms with E-state index in [0.717, 1.165) is 0 Å². The third-order valence-electron chi connectivity index (χ3n) is 3.76. The van der Waals surface area contributed by atoms with E-state index in [4.69, 9.17) is 4.74 Å². The quantitative estimate of drug-likeness (QED) is 0.828. The Morgan fingerprint density at radius 1 is 1.35 bits per heavy atom. The first-order chi connectivity index (χ1) is 9.44. The smallest absolute Gasteiger partial charge is 0.240 e. The van der Waals surface area contributed by atoms with Crippen molar-refractivity contribution in [2.24, 2.45) is 0 Å². The van der Waals surface area contributed by atoms with Crippen molar-refractivity contribution < 1.29 is 13.2 Å². The molecule has 2 rings (SSSR count). The molecule has 1 aromatic carbocycles. The standard InChI is InChI=1S/C14H22N2O3S/c1-11(16(2)12-4-5-12)10-15-20(17,18)14-8-6-13(19-3)7-9-14/h6-9,11-12,15H,4-5,10H2,1-3H3. The van der Waals surface area contributed by atoms with E-state index >= 15 is 0 Å². The Kier molecular flexibility index (Phi) is 4.67. The zero-order valence-electron chi connectivity index (χ0n) is 12.2. The van der Waals surface area contributed by atoms with Gasteiger partial charge in [0.1, 0.15) is 5.75 Å². The summed E-state index contributed by atoms with van der Waals surface area (Å²) in [6, 6.07) is 7.21. The lowest BCUT2D eigenvalue weighted by molar-refractivity contribution is 0.248. The molecular weight excluding hydrogens is 276 g/mol. The number of rotatable bonds is 7. The van der Waals surface area contributed by atoms with Gasteiger partial charge in [0.15, 0.2) is 0 Å². The zero-order valence-corrected chi connectivity index (χ0v) is 13.0. The minimum atomic E-state index is -3.45. The molecule has 0 aliphatic heterocycles. The maximum Gasteiger partial charge on any atom is 0.240 e. The third-order valence-corrected chi connectivity index (χ3v) is 5.20. The molecule has 0 spiro atoms. The van der Waals surface area contributed by atoms with Gasteiger partial charge < -0.3 is 4.74 Å². The molecule has 1 aromatic rings. The van der Waals surface area contributed by atoms with Crippen LogP contribution in [0.3, 0.4) is 0 Å². The minimum absolute atomic E-state index is 0.190. The Labute approximate surface area is 121 Å². The molecule has 20 heavy (non-hydrogen) atoms. The van der Waals surface area contributed by atoms with E-state index in [-0.39, 0.29) is 10.9 Å². The third kappa shape index (κ3) is 3.71. The molecule has 5 nitrogen and oxygen atoms in total. The van der Waals surface area contributed by atoms with Gasteiger partial charge in [0.2, 0.25) is 10.0 Å². The Hall–Kier alpha value is -1.11. The lowest BCUT2D eigenvalue weighted by Crippen LogP contribution is -2.41. The maximum atomic E-state index is 12.2. The highest BCUT2D eigenvalue weighted by Gasteiger charge is 2.29. The van der Waals surface area contributed by atoms with Crippen molar-refractivity contribution in [3.63, 3.8) is 0 Å². The Morgan fingerprint density at radius 2 is 1.95 bits per heavy atom. The van der Waals surface area contributed by atoms with Gasteiger partial charge in [-0.05, 0) is 51.1 Å². The first-order valence-corrected chi connectivity index (χ1v) is 8.28. The fraction of sp³-hybridized carbons (Fsp3) is 0.571. The molecule has 112 valence electrons. The normalized spacial score (nSPS) is 17.2. The van der Waals surface area contributed by atoms with Crippen LogP contribution in [-0.4, -0.2) is 46.1 Å². The number of likely N-dealkylation sites (N-methyl/N-ethyl adjacent to an activating group) is 1. The van der Waals surface area contributed by atoms with Crippen LogP contribution >= 0.6 is 0 Å². The first kappa shape index (κ1) is 15.3. The number of ether oxygens (including phenoxy) is 1. The number of methoxy groups -OCH3 is 1. The van der Waals surface area contributed by atoms with E-state index in [1.54, 1.807) is 31.4 Å². The number of nitrogens with zero attached hydrogens (tertiary/aromatic N) is 1. The van der Waals surface area contributed by atoms with E-state index in [0.29, 0.717) is 18.3 Å². The summed E-state index contributed by atoms with van der Waals surface area (Å²) >= 11 is 0. The topological polar surface area (TPSA) is 58.6 Å². The van der Waals surface area contributed by atoms with Crippen molar-refractivity contribution in [3.8, 4) is 5.75 Å². The highest BCUT2D eigenvalue weighted by Crippen LogP contribution is 2.26. The molecule has 0 bridgehead atoms. The minimum Gasteiger partial charge on any atom is -0.497 e. The van der Waals surface area contributed by atoms with Gasteiger partial charge in [0.05, 0.1) is 12.0 Å². The largest absolute Gasteiger partial charge is 0.497 e. The van der Waals surface area contributed by atoms with Gasteiger partial charge in [0, 0.05) is 18.6 Å². The molecule has 0 radical (unpaired) electrons. The van der Waals surface area contributed by atoms with Crippen LogP contribution in [0.15, 0.2) is 29.2 Å². The molecule has 0 heterocycles. The molecule has 1 saturated carbocycles. The molecule has 0 saturated heterocycles. The van der Waals surface area contributed by atoms with Crippen LogP contribution in [0.2, 0.25) is 0 Å². The van der Waals surface area contributed by atoms with Crippen LogP contribution in [0.1, 0.15) is 19.8 Å². The summed E-state index contributed by atoms with van der Waals surface area (Å²) in [7, 11) is 0.147. The van der Waals surface area contributed by atoms with Gasteiger partial charge >= 0.3 is 0 Å². The van der Waals surface area contributed by atoms with Crippen LogP contribution in [-0.2, 0) is 10.0 Å². The highest BCUT2D eigenvalue weighted by molar-refractivity contribution is 7.89. The molecule has 6 heteroatoms. The number of benzene rings is 1. The van der Waals surface area contributed by atoms with Crippen molar-refractivity contribution in [1.29, 1.82) is 0 Å². The predicted molar refractivity (Wildman–Crippen MR) is 78.4 cm³/mol. The Bertz CT molecular complexity index is 538. The molecule has 1 unspecified atom stereocenters. The summed E-state index contributed by atoms with van der Waals surface area (Å²) in [5, 5.41) is 0. The lowest BCUT2D eigenvalue weighted by Gasteiger charge is -2.24. The lowest BCUT2D eigenvalue weighted by atomic mass is 10.3. The fourth-order valence-electron chi connectivity index (χ4n) is 2.05. The van der Waals surface area contributed by atoms with Gasteiger partial charge in [-0.2, -0.15) is 0 Å². The SMILES string of the molecule is COc1ccc(S(=O)(=O)NCC(C)N(C)C2CC2)cc1. The zero-order chi connectivity index (χ0) is 14.8. The molecular formula is C14H22N2O3S. The molecule has 1 aliphatic rings. The second-order valence-corrected chi connectivity index (χ2v) is 7.04.